The van der Waals surface area contributed by atoms with Gasteiger partial charge in [-0.15, -0.1) is 0 Å². The molecule has 1 aromatic carbocycles. The number of amides is 2. The topological polar surface area (TPSA) is 74.6 Å². The van der Waals surface area contributed by atoms with Gasteiger partial charge in [0.25, 0.3) is 5.91 Å². The Hall–Kier alpha value is -2.47. The van der Waals surface area contributed by atoms with Crippen LogP contribution in [-0.4, -0.2) is 36.3 Å². The predicted molar refractivity (Wildman–Crippen MR) is 106 cm³/mol. The van der Waals surface area contributed by atoms with Crippen LogP contribution in [0.25, 0.3) is 0 Å². The molecule has 0 unspecified atom stereocenters. The van der Waals surface area contributed by atoms with Crippen molar-refractivity contribution in [2.24, 2.45) is 0 Å². The molecule has 1 saturated heterocycles. The van der Waals surface area contributed by atoms with E-state index in [1.54, 1.807) is 30.3 Å². The first kappa shape index (κ1) is 19.3. The molecule has 7 heteroatoms. The Labute approximate surface area is 163 Å². The van der Waals surface area contributed by atoms with Gasteiger partial charge in [0.1, 0.15) is 0 Å². The second kappa shape index (κ2) is 9.46. The molecule has 1 fully saturated rings. The van der Waals surface area contributed by atoms with Crippen molar-refractivity contribution >= 4 is 34.8 Å². The van der Waals surface area contributed by atoms with Crippen molar-refractivity contribution in [2.75, 3.05) is 30.3 Å². The maximum absolute atomic E-state index is 12.6. The minimum Gasteiger partial charge on any atom is -0.459 e. The Morgan fingerprint density at radius 2 is 1.78 bits per heavy atom. The molecule has 6 nitrogen and oxygen atoms in total. The number of furan rings is 1. The Morgan fingerprint density at radius 1 is 1.04 bits per heavy atom. The fourth-order valence-electron chi connectivity index (χ4n) is 3.15. The average Bonchev–Trinajstić information content (AvgIpc) is 3.15. The van der Waals surface area contributed by atoms with Crippen LogP contribution in [0.3, 0.4) is 0 Å². The Kier molecular flexibility index (Phi) is 6.76. The number of carbonyl (C=O) groups excluding carboxylic acids is 2. The van der Waals surface area contributed by atoms with E-state index in [1.165, 1.54) is 25.5 Å². The highest BCUT2D eigenvalue weighted by atomic mass is 35.5. The lowest BCUT2D eigenvalue weighted by atomic mass is 10.1. The molecule has 2 amide bonds. The molecule has 1 aliphatic heterocycles. The van der Waals surface area contributed by atoms with E-state index in [9.17, 15) is 9.59 Å². The van der Waals surface area contributed by atoms with Gasteiger partial charge >= 0.3 is 0 Å². The van der Waals surface area contributed by atoms with Crippen LogP contribution in [0.2, 0.25) is 5.02 Å². The molecule has 0 spiro atoms. The molecule has 3 rings (SSSR count). The minimum absolute atomic E-state index is 0.0650. The minimum atomic E-state index is -0.375. The zero-order valence-corrected chi connectivity index (χ0v) is 15.9. The van der Waals surface area contributed by atoms with Gasteiger partial charge in [0, 0.05) is 18.1 Å². The summed E-state index contributed by atoms with van der Waals surface area (Å²) in [5.41, 5.74) is 1.14. The normalized spacial score (nSPS) is 14.9. The van der Waals surface area contributed by atoms with Gasteiger partial charge in [-0.1, -0.05) is 30.9 Å². The quantitative estimate of drug-likeness (QED) is 0.795. The second-order valence-electron chi connectivity index (χ2n) is 6.62. The summed E-state index contributed by atoms with van der Waals surface area (Å²) < 4.78 is 5.11. The zero-order valence-electron chi connectivity index (χ0n) is 15.2. The summed E-state index contributed by atoms with van der Waals surface area (Å²) in [4.78, 5) is 26.7. The summed E-state index contributed by atoms with van der Waals surface area (Å²) >= 11 is 6.07. The molecule has 144 valence electrons. The number of rotatable bonds is 5. The standard InChI is InChI=1S/C20H24ClN3O3/c21-15-8-9-16(17(13-15)23-20(26)18-7-6-12-27-18)22-14-19(25)24-10-4-2-1-3-5-11-24/h6-9,12-13,22H,1-5,10-11,14H2,(H,23,26). The van der Waals surface area contributed by atoms with Crippen LogP contribution in [0.1, 0.15) is 42.7 Å². The third-order valence-corrected chi connectivity index (χ3v) is 4.85. The highest BCUT2D eigenvalue weighted by Gasteiger charge is 2.16. The number of anilines is 2. The molecule has 27 heavy (non-hydrogen) atoms. The lowest BCUT2D eigenvalue weighted by Crippen LogP contribution is -2.37. The smallest absolute Gasteiger partial charge is 0.291 e. The van der Waals surface area contributed by atoms with Gasteiger partial charge in [0.2, 0.25) is 5.91 Å². The number of nitrogens with one attached hydrogen (secondary N) is 2. The lowest BCUT2D eigenvalue weighted by Gasteiger charge is -2.25. The van der Waals surface area contributed by atoms with Crippen LogP contribution in [-0.2, 0) is 4.79 Å². The number of hydrogen-bond acceptors (Lipinski definition) is 4. The number of likely N-dealkylation sites (tertiary alicyclic amines) is 1. The summed E-state index contributed by atoms with van der Waals surface area (Å²) in [5, 5.41) is 6.39. The van der Waals surface area contributed by atoms with Gasteiger partial charge in [0.05, 0.1) is 24.2 Å². The molecule has 0 atom stereocenters. The summed E-state index contributed by atoms with van der Waals surface area (Å²) in [6, 6.07) is 8.34. The zero-order chi connectivity index (χ0) is 19.1. The molecule has 2 aromatic rings. The van der Waals surface area contributed by atoms with Gasteiger partial charge in [-0.3, -0.25) is 9.59 Å². The van der Waals surface area contributed by atoms with E-state index in [-0.39, 0.29) is 24.1 Å². The number of nitrogens with zero attached hydrogens (tertiary/aromatic N) is 1. The first-order chi connectivity index (χ1) is 13.1. The Balaban J connectivity index is 1.63. The number of hydrogen-bond donors (Lipinski definition) is 2. The lowest BCUT2D eigenvalue weighted by molar-refractivity contribution is -0.129. The molecule has 0 aliphatic carbocycles. The van der Waals surface area contributed by atoms with Crippen molar-refractivity contribution in [3.05, 3.63) is 47.4 Å². The van der Waals surface area contributed by atoms with Gasteiger partial charge in [-0.2, -0.15) is 0 Å². The van der Waals surface area contributed by atoms with Gasteiger partial charge in [0.15, 0.2) is 5.76 Å². The molecule has 1 aromatic heterocycles. The summed E-state index contributed by atoms with van der Waals surface area (Å²) in [5.74, 6) is -0.104. The number of benzene rings is 1. The first-order valence-corrected chi connectivity index (χ1v) is 9.67. The van der Waals surface area contributed by atoms with Crippen LogP contribution >= 0.6 is 11.6 Å². The van der Waals surface area contributed by atoms with Crippen molar-refractivity contribution in [3.63, 3.8) is 0 Å². The van der Waals surface area contributed by atoms with Crippen LogP contribution in [0.15, 0.2) is 41.0 Å². The molecule has 2 heterocycles. The summed E-state index contributed by atoms with van der Waals surface area (Å²) in [6.45, 7) is 1.79. The van der Waals surface area contributed by atoms with Crippen LogP contribution in [0.5, 0.6) is 0 Å². The molecule has 2 N–H and O–H groups in total. The SMILES string of the molecule is O=C(Nc1cc(Cl)ccc1NCC(=O)N1CCCCCCC1)c1ccco1. The van der Waals surface area contributed by atoms with Gasteiger partial charge in [-0.25, -0.2) is 0 Å². The summed E-state index contributed by atoms with van der Waals surface area (Å²) in [7, 11) is 0. The largest absolute Gasteiger partial charge is 0.459 e. The fourth-order valence-corrected chi connectivity index (χ4v) is 3.32. The van der Waals surface area contributed by atoms with Gasteiger partial charge in [-0.05, 0) is 43.2 Å². The van der Waals surface area contributed by atoms with Crippen LogP contribution < -0.4 is 10.6 Å². The van der Waals surface area contributed by atoms with E-state index < -0.39 is 0 Å². The maximum Gasteiger partial charge on any atom is 0.291 e. The van der Waals surface area contributed by atoms with E-state index in [0.29, 0.717) is 16.4 Å². The van der Waals surface area contributed by atoms with E-state index in [0.717, 1.165) is 25.9 Å². The van der Waals surface area contributed by atoms with Crippen LogP contribution in [0.4, 0.5) is 11.4 Å². The molecule has 1 aliphatic rings. The Morgan fingerprint density at radius 3 is 2.48 bits per heavy atom. The van der Waals surface area contributed by atoms with E-state index in [1.807, 2.05) is 4.90 Å². The van der Waals surface area contributed by atoms with Crippen molar-refractivity contribution in [3.8, 4) is 0 Å². The van der Waals surface area contributed by atoms with Crippen molar-refractivity contribution < 1.29 is 14.0 Å². The van der Waals surface area contributed by atoms with E-state index in [4.69, 9.17) is 16.0 Å². The van der Waals surface area contributed by atoms with Crippen molar-refractivity contribution in [1.29, 1.82) is 0 Å². The molecule has 0 bridgehead atoms. The highest BCUT2D eigenvalue weighted by molar-refractivity contribution is 6.31. The third-order valence-electron chi connectivity index (χ3n) is 4.61. The number of halogens is 1. The van der Waals surface area contributed by atoms with Crippen molar-refractivity contribution in [2.45, 2.75) is 32.1 Å². The summed E-state index contributed by atoms with van der Waals surface area (Å²) in [6.07, 6.45) is 7.15. The molecule has 0 saturated carbocycles. The first-order valence-electron chi connectivity index (χ1n) is 9.29. The van der Waals surface area contributed by atoms with Crippen molar-refractivity contribution in [1.82, 2.24) is 4.90 Å². The van der Waals surface area contributed by atoms with Crippen LogP contribution in [0, 0.1) is 0 Å². The molecular weight excluding hydrogens is 366 g/mol. The Bertz CT molecular complexity index is 769. The highest BCUT2D eigenvalue weighted by Crippen LogP contribution is 2.26. The maximum atomic E-state index is 12.6. The van der Waals surface area contributed by atoms with E-state index in [2.05, 4.69) is 10.6 Å². The molecular formula is C20H24ClN3O3. The van der Waals surface area contributed by atoms with E-state index >= 15 is 0 Å². The monoisotopic (exact) mass is 389 g/mol. The predicted octanol–water partition coefficient (Wildman–Crippen LogP) is 4.39. The fraction of sp³-hybridized carbons (Fsp3) is 0.400. The second-order valence-corrected chi connectivity index (χ2v) is 7.06. The average molecular weight is 390 g/mol. The van der Waals surface area contributed by atoms with Gasteiger partial charge < -0.3 is 20.0 Å². The molecule has 0 radical (unpaired) electrons. The number of carbonyl (C=O) groups is 2. The third kappa shape index (κ3) is 5.50.